The second-order valence-electron chi connectivity index (χ2n) is 3.74. The van der Waals surface area contributed by atoms with Gasteiger partial charge in [-0.3, -0.25) is 0 Å². The van der Waals surface area contributed by atoms with Crippen molar-refractivity contribution in [3.05, 3.63) is 24.3 Å². The van der Waals surface area contributed by atoms with Gasteiger partial charge in [0.2, 0.25) is 0 Å². The van der Waals surface area contributed by atoms with E-state index >= 15 is 0 Å². The van der Waals surface area contributed by atoms with Crippen molar-refractivity contribution in [3.63, 3.8) is 0 Å². The van der Waals surface area contributed by atoms with Gasteiger partial charge in [-0.15, -0.1) is 6.58 Å². The molecule has 0 aromatic carbocycles. The van der Waals surface area contributed by atoms with Crippen LogP contribution >= 0.6 is 0 Å². The molecule has 0 rings (SSSR count). The molecule has 2 heteroatoms. The topological polar surface area (TPSA) is 40.5 Å². The Balaban J connectivity index is 3.91. The zero-order valence-corrected chi connectivity index (χ0v) is 8.04. The van der Waals surface area contributed by atoms with Crippen LogP contribution in [-0.2, 0) is 0 Å². The first-order chi connectivity index (χ1) is 5.31. The quantitative estimate of drug-likeness (QED) is 0.630. The summed E-state index contributed by atoms with van der Waals surface area (Å²) in [6, 6.07) is 0. The van der Waals surface area contributed by atoms with E-state index in [1.165, 1.54) is 0 Å². The summed E-state index contributed by atoms with van der Waals surface area (Å²) in [5.74, 6) is 0. The zero-order valence-electron chi connectivity index (χ0n) is 8.04. The average Bonchev–Trinajstić information content (AvgIpc) is 1.80. The molecule has 1 atom stereocenters. The summed E-state index contributed by atoms with van der Waals surface area (Å²) in [5.41, 5.74) is 0.0821. The van der Waals surface area contributed by atoms with Crippen LogP contribution in [0.25, 0.3) is 0 Å². The highest BCUT2D eigenvalue weighted by atomic mass is 16.3. The summed E-state index contributed by atoms with van der Waals surface area (Å²) >= 11 is 0. The van der Waals surface area contributed by atoms with Crippen molar-refractivity contribution in [1.82, 2.24) is 0 Å². The molecular weight excluding hydrogens is 152 g/mol. The van der Waals surface area contributed by atoms with Gasteiger partial charge < -0.3 is 10.2 Å². The lowest BCUT2D eigenvalue weighted by atomic mass is 10.1. The molecule has 0 radical (unpaired) electrons. The summed E-state index contributed by atoms with van der Waals surface area (Å²) in [7, 11) is 0. The fraction of sp³-hybridized carbons (Fsp3) is 0.600. The minimum absolute atomic E-state index is 0.533. The molecular formula is C10H18O2. The van der Waals surface area contributed by atoms with E-state index in [4.69, 9.17) is 0 Å². The normalized spacial score (nSPS) is 15.1. The maximum absolute atomic E-state index is 9.32. The van der Waals surface area contributed by atoms with E-state index < -0.39 is 11.7 Å². The van der Waals surface area contributed by atoms with Gasteiger partial charge in [0.1, 0.15) is 0 Å². The first-order valence-electron chi connectivity index (χ1n) is 4.05. The molecule has 0 aliphatic heterocycles. The predicted octanol–water partition coefficient (Wildman–Crippen LogP) is 1.64. The van der Waals surface area contributed by atoms with Gasteiger partial charge in [0.15, 0.2) is 0 Å². The zero-order chi connectivity index (χ0) is 9.78. The van der Waals surface area contributed by atoms with E-state index in [9.17, 15) is 10.2 Å². The maximum atomic E-state index is 9.32. The monoisotopic (exact) mass is 170 g/mol. The Morgan fingerprint density at radius 2 is 2.08 bits per heavy atom. The predicted molar refractivity (Wildman–Crippen MR) is 50.9 cm³/mol. The van der Waals surface area contributed by atoms with Crippen LogP contribution in [-0.4, -0.2) is 21.9 Å². The molecule has 0 aromatic rings. The Labute approximate surface area is 74.2 Å². The summed E-state index contributed by atoms with van der Waals surface area (Å²) in [4.78, 5) is 0. The fourth-order valence-electron chi connectivity index (χ4n) is 0.772. The third-order valence-electron chi connectivity index (χ3n) is 1.28. The third kappa shape index (κ3) is 7.51. The van der Waals surface area contributed by atoms with E-state index in [0.29, 0.717) is 6.42 Å². The summed E-state index contributed by atoms with van der Waals surface area (Å²) < 4.78 is 0. The lowest BCUT2D eigenvalue weighted by molar-refractivity contribution is 0.130. The Morgan fingerprint density at radius 3 is 2.42 bits per heavy atom. The van der Waals surface area contributed by atoms with Crippen molar-refractivity contribution in [2.45, 2.75) is 38.9 Å². The van der Waals surface area contributed by atoms with Crippen LogP contribution in [0.2, 0.25) is 0 Å². The summed E-state index contributed by atoms with van der Waals surface area (Å²) in [6.07, 6.45) is 3.19. The van der Waals surface area contributed by atoms with Crippen molar-refractivity contribution in [2.24, 2.45) is 0 Å². The highest BCUT2D eigenvalue weighted by Crippen LogP contribution is 2.07. The molecule has 2 N–H and O–H groups in total. The van der Waals surface area contributed by atoms with Crippen LogP contribution in [0, 0.1) is 0 Å². The number of aliphatic hydroxyl groups excluding tert-OH is 1. The first kappa shape index (κ1) is 11.4. The average molecular weight is 170 g/mol. The third-order valence-corrected chi connectivity index (χ3v) is 1.28. The largest absolute Gasteiger partial charge is 0.389 e. The Bertz CT molecular complexity index is 175. The smallest absolute Gasteiger partial charge is 0.0772 e. The number of aliphatic hydroxyl groups is 2. The van der Waals surface area contributed by atoms with Crippen molar-refractivity contribution >= 4 is 0 Å². The van der Waals surface area contributed by atoms with E-state index in [1.807, 2.05) is 6.92 Å². The van der Waals surface area contributed by atoms with Crippen molar-refractivity contribution in [2.75, 3.05) is 0 Å². The van der Waals surface area contributed by atoms with Crippen molar-refractivity contribution < 1.29 is 10.2 Å². The second kappa shape index (κ2) is 4.43. The van der Waals surface area contributed by atoms with Gasteiger partial charge in [0.05, 0.1) is 11.7 Å². The molecule has 0 saturated carbocycles. The molecule has 70 valence electrons. The minimum atomic E-state index is -0.851. The van der Waals surface area contributed by atoms with Gasteiger partial charge in [-0.25, -0.2) is 0 Å². The molecule has 12 heavy (non-hydrogen) atoms. The minimum Gasteiger partial charge on any atom is -0.389 e. The molecule has 2 nitrogen and oxygen atoms in total. The van der Waals surface area contributed by atoms with Gasteiger partial charge in [-0.05, 0) is 27.2 Å². The lowest BCUT2D eigenvalue weighted by Gasteiger charge is -2.12. The van der Waals surface area contributed by atoms with Crippen LogP contribution in [0.15, 0.2) is 24.3 Å². The van der Waals surface area contributed by atoms with Crippen molar-refractivity contribution in [3.8, 4) is 0 Å². The van der Waals surface area contributed by atoms with Gasteiger partial charge >= 0.3 is 0 Å². The van der Waals surface area contributed by atoms with E-state index in [0.717, 1.165) is 5.57 Å². The van der Waals surface area contributed by atoms with Crippen LogP contribution in [0.3, 0.4) is 0 Å². The highest BCUT2D eigenvalue weighted by molar-refractivity contribution is 5.03. The molecule has 0 aliphatic rings. The number of hydrogen-bond acceptors (Lipinski definition) is 2. The van der Waals surface area contributed by atoms with Crippen LogP contribution in [0.1, 0.15) is 27.2 Å². The van der Waals surface area contributed by atoms with Gasteiger partial charge in [0.25, 0.3) is 0 Å². The second-order valence-corrected chi connectivity index (χ2v) is 3.74. The molecule has 0 spiro atoms. The van der Waals surface area contributed by atoms with E-state index in [2.05, 4.69) is 6.58 Å². The Kier molecular flexibility index (Phi) is 4.21. The molecule has 0 fully saturated rings. The van der Waals surface area contributed by atoms with Crippen LogP contribution < -0.4 is 0 Å². The Morgan fingerprint density at radius 1 is 1.58 bits per heavy atom. The standard InChI is InChI=1S/C10H18O2/c1-8(2)7-9(11)5-6-10(3,4)12/h5-6,9,11-12H,1,7H2,2-4H3/b6-5+. The van der Waals surface area contributed by atoms with E-state index in [1.54, 1.807) is 26.0 Å². The highest BCUT2D eigenvalue weighted by Gasteiger charge is 2.07. The summed E-state index contributed by atoms with van der Waals surface area (Å²) in [6.45, 7) is 8.87. The summed E-state index contributed by atoms with van der Waals surface area (Å²) in [5, 5.41) is 18.6. The molecule has 0 saturated heterocycles. The van der Waals surface area contributed by atoms with Crippen LogP contribution in [0.4, 0.5) is 0 Å². The lowest BCUT2D eigenvalue weighted by Crippen LogP contribution is -2.15. The molecule has 0 heterocycles. The molecule has 0 aromatic heterocycles. The first-order valence-corrected chi connectivity index (χ1v) is 4.05. The maximum Gasteiger partial charge on any atom is 0.0772 e. The number of rotatable bonds is 4. The van der Waals surface area contributed by atoms with Gasteiger partial charge in [0, 0.05) is 0 Å². The van der Waals surface area contributed by atoms with Crippen molar-refractivity contribution in [1.29, 1.82) is 0 Å². The molecule has 0 aliphatic carbocycles. The fourth-order valence-corrected chi connectivity index (χ4v) is 0.772. The van der Waals surface area contributed by atoms with Crippen LogP contribution in [0.5, 0.6) is 0 Å². The molecule has 0 bridgehead atoms. The Hall–Kier alpha value is -0.600. The SMILES string of the molecule is C=C(C)CC(O)/C=C/C(C)(C)O. The van der Waals surface area contributed by atoms with Gasteiger partial charge in [-0.1, -0.05) is 17.7 Å². The van der Waals surface area contributed by atoms with Gasteiger partial charge in [-0.2, -0.15) is 0 Å². The number of hydrogen-bond donors (Lipinski definition) is 2. The molecule has 1 unspecified atom stereocenters. The molecule has 0 amide bonds. The van der Waals surface area contributed by atoms with E-state index in [-0.39, 0.29) is 0 Å².